The maximum Gasteiger partial charge on any atom is 0.221 e. The predicted octanol–water partition coefficient (Wildman–Crippen LogP) is 1.90. The van der Waals surface area contributed by atoms with Crippen molar-refractivity contribution >= 4 is 16.9 Å². The normalized spacial score (nSPS) is 16.4. The van der Waals surface area contributed by atoms with Crippen LogP contribution in [0.5, 0.6) is 5.75 Å². The molecule has 0 spiro atoms. The molecule has 1 atom stereocenters. The van der Waals surface area contributed by atoms with E-state index in [1.165, 1.54) is 0 Å². The highest BCUT2D eigenvalue weighted by Gasteiger charge is 2.17. The standard InChI is InChI=1S/C20H22N8O2/c1-29-17-6-2-5-15-18(22-20(21)23-19(15)17)16-12-28(26-24-16)10-13-7-8-27(25-13)11-14-4-3-9-30-14/h2,5-8,12,14H,3-4,9-11H2,1H3,(H2,21,22,23). The average molecular weight is 406 g/mol. The van der Waals surface area contributed by atoms with Crippen molar-refractivity contribution in [3.63, 3.8) is 0 Å². The number of para-hydroxylation sites is 1. The molecule has 5 rings (SSSR count). The fourth-order valence-corrected chi connectivity index (χ4v) is 3.74. The lowest BCUT2D eigenvalue weighted by Gasteiger charge is -2.08. The van der Waals surface area contributed by atoms with Gasteiger partial charge in [0.25, 0.3) is 0 Å². The van der Waals surface area contributed by atoms with Crippen molar-refractivity contribution < 1.29 is 9.47 Å². The first-order chi connectivity index (χ1) is 14.7. The maximum absolute atomic E-state index is 5.93. The van der Waals surface area contributed by atoms with Crippen LogP contribution in [-0.2, 0) is 17.8 Å². The second kappa shape index (κ2) is 7.71. The number of nitrogens with zero attached hydrogens (tertiary/aromatic N) is 7. The van der Waals surface area contributed by atoms with Gasteiger partial charge in [0.05, 0.1) is 38.2 Å². The number of anilines is 1. The number of rotatable bonds is 6. The zero-order chi connectivity index (χ0) is 20.5. The molecule has 10 nitrogen and oxygen atoms in total. The van der Waals surface area contributed by atoms with Crippen LogP contribution >= 0.6 is 0 Å². The lowest BCUT2D eigenvalue weighted by atomic mass is 10.1. The monoisotopic (exact) mass is 406 g/mol. The molecule has 1 aliphatic rings. The molecule has 2 N–H and O–H groups in total. The molecule has 0 saturated carbocycles. The number of methoxy groups -OCH3 is 1. The zero-order valence-electron chi connectivity index (χ0n) is 16.6. The molecule has 0 aliphatic carbocycles. The molecule has 0 bridgehead atoms. The van der Waals surface area contributed by atoms with Crippen molar-refractivity contribution in [2.24, 2.45) is 0 Å². The average Bonchev–Trinajstić information content (AvgIpc) is 3.51. The molecule has 1 aliphatic heterocycles. The summed E-state index contributed by atoms with van der Waals surface area (Å²) in [5.41, 5.74) is 8.70. The van der Waals surface area contributed by atoms with Gasteiger partial charge in [0, 0.05) is 18.2 Å². The van der Waals surface area contributed by atoms with Gasteiger partial charge in [-0.3, -0.25) is 4.68 Å². The molecule has 30 heavy (non-hydrogen) atoms. The van der Waals surface area contributed by atoms with Crippen LogP contribution in [-0.4, -0.2) is 54.6 Å². The van der Waals surface area contributed by atoms with Gasteiger partial charge in [0.15, 0.2) is 0 Å². The topological polar surface area (TPSA) is 119 Å². The molecule has 1 unspecified atom stereocenters. The van der Waals surface area contributed by atoms with Crippen LogP contribution in [0, 0.1) is 0 Å². The van der Waals surface area contributed by atoms with Crippen molar-refractivity contribution in [3.05, 3.63) is 42.4 Å². The molecule has 154 valence electrons. The fraction of sp³-hybridized carbons (Fsp3) is 0.350. The summed E-state index contributed by atoms with van der Waals surface area (Å²) in [6, 6.07) is 7.62. The van der Waals surface area contributed by atoms with E-state index in [1.54, 1.807) is 11.8 Å². The van der Waals surface area contributed by atoms with Crippen molar-refractivity contribution in [2.75, 3.05) is 19.5 Å². The first-order valence-electron chi connectivity index (χ1n) is 9.84. The SMILES string of the molecule is COc1cccc2c(-c3cn(Cc4ccn(CC5CCCO5)n4)nn3)nc(N)nc12. The molecule has 10 heteroatoms. The van der Waals surface area contributed by atoms with Crippen LogP contribution in [0.1, 0.15) is 18.5 Å². The van der Waals surface area contributed by atoms with Crippen molar-refractivity contribution in [2.45, 2.75) is 32.0 Å². The predicted molar refractivity (Wildman–Crippen MR) is 110 cm³/mol. The van der Waals surface area contributed by atoms with E-state index in [0.717, 1.165) is 37.1 Å². The maximum atomic E-state index is 5.93. The molecular weight excluding hydrogens is 384 g/mol. The summed E-state index contributed by atoms with van der Waals surface area (Å²) < 4.78 is 14.7. The van der Waals surface area contributed by atoms with Gasteiger partial charge in [-0.1, -0.05) is 17.3 Å². The first kappa shape index (κ1) is 18.5. The number of aromatic nitrogens is 7. The Labute approximate surface area is 172 Å². The Kier molecular flexibility index (Phi) is 4.75. The summed E-state index contributed by atoms with van der Waals surface area (Å²) in [5.74, 6) is 0.788. The smallest absolute Gasteiger partial charge is 0.221 e. The largest absolute Gasteiger partial charge is 0.494 e. The number of fused-ring (bicyclic) bond motifs is 1. The van der Waals surface area contributed by atoms with Crippen LogP contribution in [0.3, 0.4) is 0 Å². The summed E-state index contributed by atoms with van der Waals surface area (Å²) in [5, 5.41) is 14.0. The van der Waals surface area contributed by atoms with Crippen LogP contribution < -0.4 is 10.5 Å². The Morgan fingerprint density at radius 2 is 2.17 bits per heavy atom. The molecule has 0 radical (unpaired) electrons. The summed E-state index contributed by atoms with van der Waals surface area (Å²) >= 11 is 0. The van der Waals surface area contributed by atoms with Crippen LogP contribution in [0.4, 0.5) is 5.95 Å². The summed E-state index contributed by atoms with van der Waals surface area (Å²) in [6.07, 6.45) is 6.26. The van der Waals surface area contributed by atoms with E-state index in [0.29, 0.717) is 29.2 Å². The summed E-state index contributed by atoms with van der Waals surface area (Å²) in [4.78, 5) is 8.71. The van der Waals surface area contributed by atoms with Gasteiger partial charge in [-0.05, 0) is 25.0 Å². The Balaban J connectivity index is 1.39. The number of hydrogen-bond donors (Lipinski definition) is 1. The highest BCUT2D eigenvalue weighted by atomic mass is 16.5. The van der Waals surface area contributed by atoms with E-state index in [9.17, 15) is 0 Å². The molecule has 4 heterocycles. The minimum atomic E-state index is 0.157. The number of nitrogen functional groups attached to an aromatic ring is 1. The van der Waals surface area contributed by atoms with Crippen LogP contribution in [0.2, 0.25) is 0 Å². The molecule has 1 saturated heterocycles. The van der Waals surface area contributed by atoms with E-state index in [1.807, 2.05) is 41.3 Å². The minimum absolute atomic E-state index is 0.157. The van der Waals surface area contributed by atoms with E-state index < -0.39 is 0 Å². The number of nitrogens with two attached hydrogens (primary N) is 1. The third kappa shape index (κ3) is 3.57. The van der Waals surface area contributed by atoms with Crippen LogP contribution in [0.25, 0.3) is 22.3 Å². The highest BCUT2D eigenvalue weighted by Crippen LogP contribution is 2.30. The second-order valence-electron chi connectivity index (χ2n) is 7.25. The molecule has 4 aromatic rings. The van der Waals surface area contributed by atoms with Crippen molar-refractivity contribution in [1.29, 1.82) is 0 Å². The number of benzene rings is 1. The second-order valence-corrected chi connectivity index (χ2v) is 7.25. The van der Waals surface area contributed by atoms with E-state index in [-0.39, 0.29) is 12.1 Å². The van der Waals surface area contributed by atoms with Crippen molar-refractivity contribution in [3.8, 4) is 17.1 Å². The molecule has 3 aromatic heterocycles. The Hall–Kier alpha value is -3.53. The van der Waals surface area contributed by atoms with Gasteiger partial charge < -0.3 is 15.2 Å². The number of hydrogen-bond acceptors (Lipinski definition) is 8. The van der Waals surface area contributed by atoms with Gasteiger partial charge in [-0.15, -0.1) is 5.10 Å². The Bertz CT molecular complexity index is 1180. The lowest BCUT2D eigenvalue weighted by molar-refractivity contribution is 0.0939. The molecule has 0 amide bonds. The van der Waals surface area contributed by atoms with Gasteiger partial charge in [0.2, 0.25) is 5.95 Å². The third-order valence-electron chi connectivity index (χ3n) is 5.14. The van der Waals surface area contributed by atoms with Gasteiger partial charge in [-0.2, -0.15) is 5.10 Å². The van der Waals surface area contributed by atoms with Gasteiger partial charge in [0.1, 0.15) is 22.7 Å². The summed E-state index contributed by atoms with van der Waals surface area (Å²) in [6.45, 7) is 2.12. The van der Waals surface area contributed by atoms with E-state index in [4.69, 9.17) is 15.2 Å². The van der Waals surface area contributed by atoms with Gasteiger partial charge >= 0.3 is 0 Å². The first-order valence-corrected chi connectivity index (χ1v) is 9.84. The summed E-state index contributed by atoms with van der Waals surface area (Å²) in [7, 11) is 1.60. The molecular formula is C20H22N8O2. The molecule has 1 fully saturated rings. The minimum Gasteiger partial charge on any atom is -0.494 e. The fourth-order valence-electron chi connectivity index (χ4n) is 3.74. The highest BCUT2D eigenvalue weighted by molar-refractivity contribution is 5.95. The van der Waals surface area contributed by atoms with E-state index >= 15 is 0 Å². The zero-order valence-corrected chi connectivity index (χ0v) is 16.6. The van der Waals surface area contributed by atoms with E-state index in [2.05, 4.69) is 25.4 Å². The lowest BCUT2D eigenvalue weighted by Crippen LogP contribution is -2.15. The quantitative estimate of drug-likeness (QED) is 0.516. The van der Waals surface area contributed by atoms with Crippen molar-refractivity contribution in [1.82, 2.24) is 34.7 Å². The molecule has 1 aromatic carbocycles. The Morgan fingerprint density at radius 1 is 1.23 bits per heavy atom. The van der Waals surface area contributed by atoms with Gasteiger partial charge in [-0.25, -0.2) is 14.6 Å². The third-order valence-corrected chi connectivity index (χ3v) is 5.14. The Morgan fingerprint density at radius 3 is 3.00 bits per heavy atom. The van der Waals surface area contributed by atoms with Crippen LogP contribution in [0.15, 0.2) is 36.7 Å². The number of ether oxygens (including phenoxy) is 2.